The van der Waals surface area contributed by atoms with Gasteiger partial charge in [-0.25, -0.2) is 15.0 Å². The Balaban J connectivity index is 1.18. The van der Waals surface area contributed by atoms with Gasteiger partial charge in [0.25, 0.3) is 0 Å². The third-order valence-corrected chi connectivity index (χ3v) is 8.38. The fraction of sp³-hybridized carbons (Fsp3) is 0.567. The number of imidazole rings is 1. The molecule has 1 fully saturated rings. The summed E-state index contributed by atoms with van der Waals surface area (Å²) in [4.78, 5) is 19.2. The molecule has 5 rings (SSSR count). The van der Waals surface area contributed by atoms with Gasteiger partial charge in [-0.3, -0.25) is 0 Å². The highest BCUT2D eigenvalue weighted by molar-refractivity contribution is 5.86. The van der Waals surface area contributed by atoms with E-state index in [0.717, 1.165) is 54.6 Å². The van der Waals surface area contributed by atoms with Gasteiger partial charge in [0.1, 0.15) is 29.7 Å². The third kappa shape index (κ3) is 5.66. The molecule has 0 amide bonds. The lowest BCUT2D eigenvalue weighted by Crippen LogP contribution is -2.40. The van der Waals surface area contributed by atoms with E-state index >= 15 is 0 Å². The van der Waals surface area contributed by atoms with E-state index < -0.39 is 12.2 Å². The van der Waals surface area contributed by atoms with E-state index in [0.29, 0.717) is 23.9 Å². The zero-order valence-electron chi connectivity index (χ0n) is 23.8. The molecule has 9 heteroatoms. The molecule has 0 aliphatic heterocycles. The second-order valence-electron chi connectivity index (χ2n) is 12.5. The Hall–Kier alpha value is -3.01. The van der Waals surface area contributed by atoms with Crippen molar-refractivity contribution in [1.82, 2.24) is 29.4 Å². The monoisotopic (exact) mass is 533 g/mol. The van der Waals surface area contributed by atoms with Crippen molar-refractivity contribution in [3.63, 3.8) is 0 Å². The summed E-state index contributed by atoms with van der Waals surface area (Å²) in [5.41, 5.74) is 10.2. The maximum absolute atomic E-state index is 11.0. The van der Waals surface area contributed by atoms with Crippen LogP contribution in [0, 0.1) is 5.92 Å². The first-order valence-corrected chi connectivity index (χ1v) is 14.2. The number of unbranched alkanes of at least 4 members (excludes halogenated alkanes) is 1. The summed E-state index contributed by atoms with van der Waals surface area (Å²) >= 11 is 0. The molecule has 210 valence electrons. The Morgan fingerprint density at radius 2 is 1.92 bits per heavy atom. The fourth-order valence-electron chi connectivity index (χ4n) is 5.93. The molecule has 1 aliphatic rings. The predicted molar refractivity (Wildman–Crippen MR) is 156 cm³/mol. The molecule has 0 saturated heterocycles. The first-order chi connectivity index (χ1) is 18.5. The van der Waals surface area contributed by atoms with E-state index in [2.05, 4.69) is 72.7 Å². The molecule has 1 aliphatic carbocycles. The number of hydrogen-bond donors (Lipinski definition) is 4. The smallest absolute Gasteiger partial charge is 0.145 e. The number of hydrogen-bond acceptors (Lipinski definition) is 7. The number of nitrogens with two attached hydrogens (primary N) is 1. The van der Waals surface area contributed by atoms with Gasteiger partial charge < -0.3 is 30.4 Å². The van der Waals surface area contributed by atoms with Crippen LogP contribution in [0.25, 0.3) is 22.1 Å². The average Bonchev–Trinajstić information content (AvgIpc) is 3.57. The molecular formula is C30H43N7O2. The number of nitrogens with zero attached hydrogens (tertiary/aromatic N) is 5. The van der Waals surface area contributed by atoms with Crippen molar-refractivity contribution in [3.05, 3.63) is 48.2 Å². The Bertz CT molecular complexity index is 1420. The molecule has 1 saturated carbocycles. The second-order valence-corrected chi connectivity index (χ2v) is 12.5. The molecule has 4 aromatic rings. The summed E-state index contributed by atoms with van der Waals surface area (Å²) < 4.78 is 1.94. The normalized spacial score (nSPS) is 22.2. The number of aliphatic hydroxyl groups excluding tert-OH is 2. The molecule has 4 atom stereocenters. The molecule has 39 heavy (non-hydrogen) atoms. The zero-order valence-corrected chi connectivity index (χ0v) is 23.8. The van der Waals surface area contributed by atoms with Crippen LogP contribution in [0.4, 0.5) is 5.82 Å². The van der Waals surface area contributed by atoms with Crippen molar-refractivity contribution in [2.75, 3.05) is 18.8 Å². The molecule has 3 heterocycles. The van der Waals surface area contributed by atoms with Crippen molar-refractivity contribution < 1.29 is 10.2 Å². The number of nitrogens with one attached hydrogen (secondary N) is 1. The number of anilines is 1. The van der Waals surface area contributed by atoms with Gasteiger partial charge >= 0.3 is 0 Å². The number of aryl methyl sites for hydroxylation is 1. The highest BCUT2D eigenvalue weighted by Gasteiger charge is 2.43. The quantitative estimate of drug-likeness (QED) is 0.237. The SMILES string of the molecule is CC(C)N(CCCCc1nc2cc(C(C)(C)C)ccc2[nH]1)C[C@H]1C[C@@H](n2ccc3c(N)ncnc32)[C@H](O)[C@@H]1O. The lowest BCUT2D eigenvalue weighted by Gasteiger charge is -2.30. The van der Waals surface area contributed by atoms with Crippen LogP contribution in [0.5, 0.6) is 0 Å². The summed E-state index contributed by atoms with van der Waals surface area (Å²) in [5.74, 6) is 1.43. The Labute approximate surface area is 230 Å². The van der Waals surface area contributed by atoms with Crippen molar-refractivity contribution in [3.8, 4) is 0 Å². The number of aromatic amines is 1. The number of H-pyrrole nitrogens is 1. The summed E-state index contributed by atoms with van der Waals surface area (Å²) in [7, 11) is 0. The molecule has 0 bridgehead atoms. The van der Waals surface area contributed by atoms with Gasteiger partial charge in [-0.15, -0.1) is 0 Å². The molecule has 3 aromatic heterocycles. The average molecular weight is 534 g/mol. The summed E-state index contributed by atoms with van der Waals surface area (Å²) in [5, 5.41) is 22.7. The van der Waals surface area contributed by atoms with E-state index in [9.17, 15) is 10.2 Å². The van der Waals surface area contributed by atoms with Crippen LogP contribution >= 0.6 is 0 Å². The topological polar surface area (TPSA) is 129 Å². The van der Waals surface area contributed by atoms with E-state index in [1.165, 1.54) is 11.9 Å². The van der Waals surface area contributed by atoms with Crippen LogP contribution < -0.4 is 5.73 Å². The van der Waals surface area contributed by atoms with E-state index in [1.54, 1.807) is 0 Å². The lowest BCUT2D eigenvalue weighted by molar-refractivity contribution is -0.00171. The molecule has 1 aromatic carbocycles. The molecule has 9 nitrogen and oxygen atoms in total. The van der Waals surface area contributed by atoms with Crippen LogP contribution in [-0.4, -0.2) is 71.0 Å². The predicted octanol–water partition coefficient (Wildman–Crippen LogP) is 4.20. The minimum Gasteiger partial charge on any atom is -0.390 e. The molecule has 0 radical (unpaired) electrons. The third-order valence-electron chi connectivity index (χ3n) is 8.38. The summed E-state index contributed by atoms with van der Waals surface area (Å²) in [6, 6.07) is 8.49. The Morgan fingerprint density at radius 3 is 2.67 bits per heavy atom. The largest absolute Gasteiger partial charge is 0.390 e. The number of benzene rings is 1. The van der Waals surface area contributed by atoms with Gasteiger partial charge in [0.2, 0.25) is 0 Å². The number of aliphatic hydroxyl groups is 2. The highest BCUT2D eigenvalue weighted by atomic mass is 16.3. The van der Waals surface area contributed by atoms with E-state index in [-0.39, 0.29) is 17.4 Å². The minimum atomic E-state index is -0.859. The first-order valence-electron chi connectivity index (χ1n) is 14.2. The van der Waals surface area contributed by atoms with Crippen LogP contribution in [-0.2, 0) is 11.8 Å². The standard InChI is InChI=1S/C30H43N7O2/c1-18(2)36(12-7-6-8-25-34-22-10-9-20(30(3,4)5)15-23(22)35-25)16-19-14-24(27(39)26(19)38)37-13-11-21-28(31)32-17-33-29(21)37/h9-11,13,15,17-19,24,26-27,38-39H,6-8,12,14,16H2,1-5H3,(H,34,35)(H2,31,32,33)/t19-,24-,26-,27+/m1/s1. The van der Waals surface area contributed by atoms with Gasteiger partial charge in [-0.05, 0) is 68.8 Å². The van der Waals surface area contributed by atoms with Crippen LogP contribution in [0.15, 0.2) is 36.8 Å². The number of rotatable bonds is 9. The van der Waals surface area contributed by atoms with E-state index in [1.807, 2.05) is 16.8 Å². The Kier molecular flexibility index (Phi) is 7.68. The lowest BCUT2D eigenvalue weighted by atomic mass is 9.87. The maximum atomic E-state index is 11.0. The molecular weight excluding hydrogens is 490 g/mol. The number of nitrogen functional groups attached to an aromatic ring is 1. The van der Waals surface area contributed by atoms with Crippen molar-refractivity contribution in [1.29, 1.82) is 0 Å². The van der Waals surface area contributed by atoms with Crippen molar-refractivity contribution >= 4 is 27.9 Å². The summed E-state index contributed by atoms with van der Waals surface area (Å²) in [6.07, 6.45) is 5.34. The molecule has 0 spiro atoms. The van der Waals surface area contributed by atoms with E-state index in [4.69, 9.17) is 10.7 Å². The second kappa shape index (κ2) is 10.9. The number of aromatic nitrogens is 5. The van der Waals surface area contributed by atoms with Crippen LogP contribution in [0.1, 0.15) is 71.3 Å². The zero-order chi connectivity index (χ0) is 27.9. The van der Waals surface area contributed by atoms with Crippen molar-refractivity contribution in [2.45, 2.75) is 90.0 Å². The maximum Gasteiger partial charge on any atom is 0.145 e. The van der Waals surface area contributed by atoms with Gasteiger partial charge in [-0.2, -0.15) is 0 Å². The van der Waals surface area contributed by atoms with Gasteiger partial charge in [-0.1, -0.05) is 26.8 Å². The fourth-order valence-corrected chi connectivity index (χ4v) is 5.93. The Morgan fingerprint density at radius 1 is 1.13 bits per heavy atom. The van der Waals surface area contributed by atoms with Crippen LogP contribution in [0.2, 0.25) is 0 Å². The number of fused-ring (bicyclic) bond motifs is 2. The van der Waals surface area contributed by atoms with Gasteiger partial charge in [0, 0.05) is 31.1 Å². The molecule has 5 N–H and O–H groups in total. The van der Waals surface area contributed by atoms with Gasteiger partial charge in [0.15, 0.2) is 0 Å². The van der Waals surface area contributed by atoms with Crippen LogP contribution in [0.3, 0.4) is 0 Å². The molecule has 0 unspecified atom stereocenters. The van der Waals surface area contributed by atoms with Crippen molar-refractivity contribution in [2.24, 2.45) is 5.92 Å². The first kappa shape index (κ1) is 27.6. The van der Waals surface area contributed by atoms with Gasteiger partial charge in [0.05, 0.1) is 28.6 Å². The minimum absolute atomic E-state index is 0.0311. The summed E-state index contributed by atoms with van der Waals surface area (Å²) in [6.45, 7) is 12.7. The highest BCUT2D eigenvalue weighted by Crippen LogP contribution is 2.38.